The van der Waals surface area contributed by atoms with Crippen molar-refractivity contribution in [1.29, 1.82) is 0 Å². The van der Waals surface area contributed by atoms with Gasteiger partial charge in [-0.3, -0.25) is 9.78 Å². The summed E-state index contributed by atoms with van der Waals surface area (Å²) in [5, 5.41) is 4.88. The molecule has 0 unspecified atom stereocenters. The zero-order valence-corrected chi connectivity index (χ0v) is 13.0. The molecule has 21 heavy (non-hydrogen) atoms. The zero-order valence-electron chi connectivity index (χ0n) is 11.5. The summed E-state index contributed by atoms with van der Waals surface area (Å²) in [5.74, 6) is 0.430. The van der Waals surface area contributed by atoms with Crippen LogP contribution in [0, 0.1) is 0 Å². The summed E-state index contributed by atoms with van der Waals surface area (Å²) in [6.07, 6.45) is 1.51. The molecule has 0 aliphatic rings. The van der Waals surface area contributed by atoms with E-state index in [1.54, 1.807) is 18.2 Å². The van der Waals surface area contributed by atoms with Crippen molar-refractivity contribution in [2.24, 2.45) is 5.10 Å². The Balaban J connectivity index is 2.18. The molecule has 1 aromatic carbocycles. The topological polar surface area (TPSA) is 70.1 Å². The second kappa shape index (κ2) is 6.74. The van der Waals surface area contributed by atoms with E-state index in [9.17, 15) is 4.79 Å². The average molecular weight is 325 g/mol. The third-order valence-corrected chi connectivity index (χ3v) is 3.54. The van der Waals surface area contributed by atoms with Crippen LogP contribution in [-0.4, -0.2) is 16.2 Å². The molecule has 2 N–H and O–H groups in total. The SMILES string of the molecule is CC(C)c1cc(=O)[nH]c(N/N=C\c2cccc(Cl)c2Cl)n1. The van der Waals surface area contributed by atoms with E-state index in [2.05, 4.69) is 20.5 Å². The second-order valence-electron chi connectivity index (χ2n) is 4.69. The van der Waals surface area contributed by atoms with Gasteiger partial charge in [-0.1, -0.05) is 49.2 Å². The molecule has 0 bridgehead atoms. The third kappa shape index (κ3) is 4.06. The normalized spacial score (nSPS) is 11.3. The van der Waals surface area contributed by atoms with Crippen LogP contribution in [0.25, 0.3) is 0 Å². The van der Waals surface area contributed by atoms with Crippen molar-refractivity contribution >= 4 is 35.4 Å². The smallest absolute Gasteiger partial charge is 0.252 e. The van der Waals surface area contributed by atoms with Gasteiger partial charge in [0, 0.05) is 11.6 Å². The fourth-order valence-electron chi connectivity index (χ4n) is 1.61. The lowest BCUT2D eigenvalue weighted by Crippen LogP contribution is -2.12. The Morgan fingerprint density at radius 1 is 1.38 bits per heavy atom. The van der Waals surface area contributed by atoms with Crippen LogP contribution in [0.3, 0.4) is 0 Å². The van der Waals surface area contributed by atoms with Gasteiger partial charge in [0.1, 0.15) is 0 Å². The van der Waals surface area contributed by atoms with E-state index >= 15 is 0 Å². The van der Waals surface area contributed by atoms with Crippen molar-refractivity contribution < 1.29 is 0 Å². The first-order valence-corrected chi connectivity index (χ1v) is 7.07. The van der Waals surface area contributed by atoms with Gasteiger partial charge in [0.2, 0.25) is 5.95 Å². The molecule has 0 aliphatic carbocycles. The van der Waals surface area contributed by atoms with E-state index in [4.69, 9.17) is 23.2 Å². The quantitative estimate of drug-likeness (QED) is 0.666. The molecule has 0 fully saturated rings. The first-order valence-electron chi connectivity index (χ1n) is 6.31. The number of benzene rings is 1. The Hall–Kier alpha value is -1.85. The summed E-state index contributed by atoms with van der Waals surface area (Å²) in [6.45, 7) is 3.92. The number of hydrogen-bond acceptors (Lipinski definition) is 4. The summed E-state index contributed by atoms with van der Waals surface area (Å²) in [6, 6.07) is 6.71. The van der Waals surface area contributed by atoms with Crippen LogP contribution in [0.1, 0.15) is 31.0 Å². The predicted molar refractivity (Wildman–Crippen MR) is 86.6 cm³/mol. The highest BCUT2D eigenvalue weighted by molar-refractivity contribution is 6.43. The number of aromatic amines is 1. The summed E-state index contributed by atoms with van der Waals surface area (Å²) < 4.78 is 0. The van der Waals surface area contributed by atoms with Gasteiger partial charge in [0.05, 0.1) is 22.0 Å². The van der Waals surface area contributed by atoms with Crippen molar-refractivity contribution in [2.45, 2.75) is 19.8 Å². The number of H-pyrrole nitrogens is 1. The molecule has 0 radical (unpaired) electrons. The number of nitrogens with one attached hydrogen (secondary N) is 2. The Morgan fingerprint density at radius 2 is 2.14 bits per heavy atom. The lowest BCUT2D eigenvalue weighted by atomic mass is 10.1. The monoisotopic (exact) mass is 324 g/mol. The minimum atomic E-state index is -0.229. The molecule has 2 rings (SSSR count). The van der Waals surface area contributed by atoms with Gasteiger partial charge in [-0.15, -0.1) is 0 Å². The lowest BCUT2D eigenvalue weighted by Gasteiger charge is -2.06. The van der Waals surface area contributed by atoms with Crippen LogP contribution in [0.4, 0.5) is 5.95 Å². The van der Waals surface area contributed by atoms with Crippen LogP contribution in [0.5, 0.6) is 0 Å². The molecule has 0 saturated heterocycles. The summed E-state index contributed by atoms with van der Waals surface area (Å²) in [5.41, 5.74) is 3.81. The highest BCUT2D eigenvalue weighted by atomic mass is 35.5. The van der Waals surface area contributed by atoms with Crippen LogP contribution in [-0.2, 0) is 0 Å². The minimum Gasteiger partial charge on any atom is -0.291 e. The van der Waals surface area contributed by atoms with Crippen molar-refractivity contribution in [3.8, 4) is 0 Å². The number of hydrazone groups is 1. The molecule has 5 nitrogen and oxygen atoms in total. The number of hydrogen-bond donors (Lipinski definition) is 2. The fourth-order valence-corrected chi connectivity index (χ4v) is 1.96. The maximum absolute atomic E-state index is 11.5. The van der Waals surface area contributed by atoms with Gasteiger partial charge in [0.15, 0.2) is 0 Å². The number of halogens is 2. The van der Waals surface area contributed by atoms with Gasteiger partial charge >= 0.3 is 0 Å². The van der Waals surface area contributed by atoms with Crippen molar-refractivity contribution in [3.05, 3.63) is 55.9 Å². The van der Waals surface area contributed by atoms with Gasteiger partial charge in [-0.25, -0.2) is 10.4 Å². The minimum absolute atomic E-state index is 0.152. The first-order chi connectivity index (χ1) is 9.97. The fraction of sp³-hybridized carbons (Fsp3) is 0.214. The number of rotatable bonds is 4. The van der Waals surface area contributed by atoms with Crippen molar-refractivity contribution in [2.75, 3.05) is 5.43 Å². The molecule has 1 aromatic heterocycles. The Morgan fingerprint density at radius 3 is 2.86 bits per heavy atom. The molecule has 110 valence electrons. The Labute approximate surface area is 132 Å². The molecule has 0 atom stereocenters. The molecular formula is C14H14Cl2N4O. The Bertz CT molecular complexity index is 725. The highest BCUT2D eigenvalue weighted by Crippen LogP contribution is 2.24. The van der Waals surface area contributed by atoms with E-state index in [0.717, 1.165) is 0 Å². The van der Waals surface area contributed by atoms with E-state index in [0.29, 0.717) is 21.3 Å². The Kier molecular flexibility index (Phi) is 4.98. The van der Waals surface area contributed by atoms with Crippen LogP contribution < -0.4 is 11.0 Å². The molecule has 0 amide bonds. The molecule has 0 saturated carbocycles. The predicted octanol–water partition coefficient (Wildman–Crippen LogP) is 3.65. The molecule has 0 spiro atoms. The lowest BCUT2D eigenvalue weighted by molar-refractivity contribution is 0.810. The second-order valence-corrected chi connectivity index (χ2v) is 5.47. The molecule has 2 aromatic rings. The van der Waals surface area contributed by atoms with Crippen LogP contribution >= 0.6 is 23.2 Å². The number of nitrogens with zero attached hydrogens (tertiary/aromatic N) is 2. The maximum atomic E-state index is 11.5. The number of anilines is 1. The highest BCUT2D eigenvalue weighted by Gasteiger charge is 2.05. The van der Waals surface area contributed by atoms with E-state index < -0.39 is 0 Å². The largest absolute Gasteiger partial charge is 0.291 e. The van der Waals surface area contributed by atoms with Crippen molar-refractivity contribution in [1.82, 2.24) is 9.97 Å². The van der Waals surface area contributed by atoms with E-state index in [1.807, 2.05) is 13.8 Å². The van der Waals surface area contributed by atoms with Crippen molar-refractivity contribution in [3.63, 3.8) is 0 Å². The standard InChI is InChI=1S/C14H14Cl2N4O/c1-8(2)11-6-12(21)19-14(18-11)20-17-7-9-4-3-5-10(15)13(9)16/h3-8H,1-2H3,(H2,18,19,20,21)/b17-7-. The summed E-state index contributed by atoms with van der Waals surface area (Å²) in [4.78, 5) is 18.4. The van der Waals surface area contributed by atoms with E-state index in [-0.39, 0.29) is 17.4 Å². The molecular weight excluding hydrogens is 311 g/mol. The van der Waals surface area contributed by atoms with Gasteiger partial charge in [0.25, 0.3) is 5.56 Å². The van der Waals surface area contributed by atoms with Gasteiger partial charge in [-0.05, 0) is 12.0 Å². The third-order valence-electron chi connectivity index (χ3n) is 2.71. The summed E-state index contributed by atoms with van der Waals surface area (Å²) in [7, 11) is 0. The molecule has 1 heterocycles. The first kappa shape index (κ1) is 15.5. The average Bonchev–Trinajstić information content (AvgIpc) is 2.43. The van der Waals surface area contributed by atoms with Crippen LogP contribution in [0.2, 0.25) is 10.0 Å². The number of aromatic nitrogens is 2. The van der Waals surface area contributed by atoms with Crippen LogP contribution in [0.15, 0.2) is 34.2 Å². The van der Waals surface area contributed by atoms with E-state index in [1.165, 1.54) is 12.3 Å². The van der Waals surface area contributed by atoms with Gasteiger partial charge in [-0.2, -0.15) is 5.10 Å². The maximum Gasteiger partial charge on any atom is 0.252 e. The molecule has 7 heteroatoms. The zero-order chi connectivity index (χ0) is 15.4. The van der Waals surface area contributed by atoms with Gasteiger partial charge < -0.3 is 0 Å². The molecule has 0 aliphatic heterocycles. The summed E-state index contributed by atoms with van der Waals surface area (Å²) >= 11 is 12.0.